The minimum Gasteiger partial charge on any atom is -0.496 e. The summed E-state index contributed by atoms with van der Waals surface area (Å²) in [7, 11) is 2.86. The number of anilines is 1. The SMILES string of the molecule is COC(=O)COc1cccc(NC(=O)/C=C/c2cc(Br)ccc2OC)c1. The topological polar surface area (TPSA) is 73.9 Å². The monoisotopic (exact) mass is 419 g/mol. The third-order valence-corrected chi connectivity index (χ3v) is 3.79. The minimum absolute atomic E-state index is 0.198. The van der Waals surface area contributed by atoms with E-state index in [9.17, 15) is 9.59 Å². The van der Waals surface area contributed by atoms with Gasteiger partial charge in [-0.1, -0.05) is 22.0 Å². The highest BCUT2D eigenvalue weighted by molar-refractivity contribution is 9.10. The Kier molecular flexibility index (Phi) is 7.23. The summed E-state index contributed by atoms with van der Waals surface area (Å²) in [6.07, 6.45) is 3.07. The molecule has 0 radical (unpaired) electrons. The zero-order valence-corrected chi connectivity index (χ0v) is 15.9. The van der Waals surface area contributed by atoms with E-state index in [1.54, 1.807) is 37.5 Å². The van der Waals surface area contributed by atoms with Crippen LogP contribution >= 0.6 is 15.9 Å². The Labute approximate surface area is 159 Å². The third kappa shape index (κ3) is 5.93. The minimum atomic E-state index is -0.481. The molecule has 2 aromatic rings. The number of benzene rings is 2. The summed E-state index contributed by atoms with van der Waals surface area (Å²) in [6, 6.07) is 12.2. The molecule has 0 aliphatic rings. The van der Waals surface area contributed by atoms with Gasteiger partial charge < -0.3 is 19.5 Å². The second-order valence-electron chi connectivity index (χ2n) is 5.10. The second-order valence-corrected chi connectivity index (χ2v) is 6.02. The van der Waals surface area contributed by atoms with E-state index in [1.807, 2.05) is 18.2 Å². The summed E-state index contributed by atoms with van der Waals surface area (Å²) in [4.78, 5) is 23.2. The number of hydrogen-bond donors (Lipinski definition) is 1. The fourth-order valence-electron chi connectivity index (χ4n) is 2.05. The van der Waals surface area contributed by atoms with Gasteiger partial charge in [-0.25, -0.2) is 4.79 Å². The van der Waals surface area contributed by atoms with Crippen LogP contribution in [-0.2, 0) is 14.3 Å². The van der Waals surface area contributed by atoms with Crippen LogP contribution in [0, 0.1) is 0 Å². The lowest BCUT2D eigenvalue weighted by molar-refractivity contribution is -0.142. The number of amides is 1. The van der Waals surface area contributed by atoms with Crippen molar-refractivity contribution in [1.82, 2.24) is 0 Å². The van der Waals surface area contributed by atoms with Gasteiger partial charge in [-0.3, -0.25) is 4.79 Å². The van der Waals surface area contributed by atoms with Crippen LogP contribution in [0.5, 0.6) is 11.5 Å². The van der Waals surface area contributed by atoms with E-state index in [1.165, 1.54) is 13.2 Å². The Morgan fingerprint density at radius 3 is 2.69 bits per heavy atom. The summed E-state index contributed by atoms with van der Waals surface area (Å²) in [6.45, 7) is -0.198. The van der Waals surface area contributed by atoms with Crippen molar-refractivity contribution in [2.75, 3.05) is 26.1 Å². The Balaban J connectivity index is 2.01. The van der Waals surface area contributed by atoms with Crippen LogP contribution in [-0.4, -0.2) is 32.7 Å². The number of carbonyl (C=O) groups is 2. The van der Waals surface area contributed by atoms with Gasteiger partial charge in [0.05, 0.1) is 14.2 Å². The number of ether oxygens (including phenoxy) is 3. The lowest BCUT2D eigenvalue weighted by Crippen LogP contribution is -2.13. The van der Waals surface area contributed by atoms with E-state index in [-0.39, 0.29) is 12.5 Å². The molecule has 26 heavy (non-hydrogen) atoms. The molecular formula is C19H18BrNO5. The Morgan fingerprint density at radius 2 is 1.96 bits per heavy atom. The first kappa shape index (κ1) is 19.5. The molecule has 0 spiro atoms. The molecule has 0 bridgehead atoms. The molecule has 6 nitrogen and oxygen atoms in total. The highest BCUT2D eigenvalue weighted by atomic mass is 79.9. The number of rotatable bonds is 7. The maximum absolute atomic E-state index is 12.1. The van der Waals surface area contributed by atoms with Gasteiger partial charge >= 0.3 is 5.97 Å². The highest BCUT2D eigenvalue weighted by Crippen LogP contribution is 2.24. The number of esters is 1. The molecule has 2 rings (SSSR count). The fourth-order valence-corrected chi connectivity index (χ4v) is 2.43. The van der Waals surface area contributed by atoms with E-state index in [2.05, 4.69) is 26.0 Å². The van der Waals surface area contributed by atoms with Crippen LogP contribution in [0.1, 0.15) is 5.56 Å². The van der Waals surface area contributed by atoms with E-state index in [4.69, 9.17) is 9.47 Å². The predicted octanol–water partition coefficient (Wildman–Crippen LogP) is 3.66. The van der Waals surface area contributed by atoms with Gasteiger partial charge in [-0.05, 0) is 36.4 Å². The highest BCUT2D eigenvalue weighted by Gasteiger charge is 2.05. The Morgan fingerprint density at radius 1 is 1.15 bits per heavy atom. The molecule has 0 unspecified atom stereocenters. The van der Waals surface area contributed by atoms with E-state index >= 15 is 0 Å². The standard InChI is InChI=1S/C19H18BrNO5/c1-24-17-8-7-14(20)10-13(17)6-9-18(22)21-15-4-3-5-16(11-15)26-12-19(23)25-2/h3-11H,12H2,1-2H3,(H,21,22)/b9-6+. The molecule has 0 aromatic heterocycles. The number of nitrogens with one attached hydrogen (secondary N) is 1. The lowest BCUT2D eigenvalue weighted by atomic mass is 10.2. The first-order valence-corrected chi connectivity index (χ1v) is 8.43. The Bertz CT molecular complexity index is 819. The van der Waals surface area contributed by atoms with Gasteiger partial charge in [0.15, 0.2) is 6.61 Å². The van der Waals surface area contributed by atoms with Crippen molar-refractivity contribution in [3.63, 3.8) is 0 Å². The van der Waals surface area contributed by atoms with E-state index in [0.717, 1.165) is 10.0 Å². The Hall–Kier alpha value is -2.80. The number of carbonyl (C=O) groups excluding carboxylic acids is 2. The van der Waals surface area contributed by atoms with Gasteiger partial charge in [0.2, 0.25) is 5.91 Å². The van der Waals surface area contributed by atoms with Gasteiger partial charge in [0, 0.05) is 27.9 Å². The lowest BCUT2D eigenvalue weighted by Gasteiger charge is -2.08. The van der Waals surface area contributed by atoms with Crippen LogP contribution in [0.2, 0.25) is 0 Å². The molecule has 0 heterocycles. The summed E-state index contributed by atoms with van der Waals surface area (Å²) in [5, 5.41) is 2.73. The largest absolute Gasteiger partial charge is 0.496 e. The molecule has 1 amide bonds. The third-order valence-electron chi connectivity index (χ3n) is 3.29. The van der Waals surface area contributed by atoms with Crippen LogP contribution < -0.4 is 14.8 Å². The molecular weight excluding hydrogens is 402 g/mol. The van der Waals surface area contributed by atoms with Gasteiger partial charge in [0.1, 0.15) is 11.5 Å². The number of methoxy groups -OCH3 is 2. The molecule has 2 aromatic carbocycles. The zero-order chi connectivity index (χ0) is 18.9. The summed E-state index contributed by atoms with van der Waals surface area (Å²) >= 11 is 3.39. The molecule has 0 aliphatic heterocycles. The molecule has 136 valence electrons. The molecule has 7 heteroatoms. The van der Waals surface area contributed by atoms with Crippen molar-refractivity contribution in [2.45, 2.75) is 0 Å². The quantitative estimate of drug-likeness (QED) is 0.547. The maximum atomic E-state index is 12.1. The fraction of sp³-hybridized carbons (Fsp3) is 0.158. The molecule has 0 atom stereocenters. The number of hydrogen-bond acceptors (Lipinski definition) is 5. The van der Waals surface area contributed by atoms with Crippen molar-refractivity contribution >= 4 is 39.6 Å². The van der Waals surface area contributed by atoms with Gasteiger partial charge in [-0.2, -0.15) is 0 Å². The van der Waals surface area contributed by atoms with Gasteiger partial charge in [-0.15, -0.1) is 0 Å². The second kappa shape index (κ2) is 9.62. The van der Waals surface area contributed by atoms with Crippen LogP contribution in [0.25, 0.3) is 6.08 Å². The molecule has 0 aliphatic carbocycles. The molecule has 0 saturated carbocycles. The average Bonchev–Trinajstić information content (AvgIpc) is 2.65. The predicted molar refractivity (Wildman–Crippen MR) is 102 cm³/mol. The average molecular weight is 420 g/mol. The maximum Gasteiger partial charge on any atom is 0.343 e. The summed E-state index contributed by atoms with van der Waals surface area (Å²) in [5.41, 5.74) is 1.32. The van der Waals surface area contributed by atoms with Gasteiger partial charge in [0.25, 0.3) is 0 Å². The van der Waals surface area contributed by atoms with E-state index in [0.29, 0.717) is 17.2 Å². The normalized spacial score (nSPS) is 10.4. The summed E-state index contributed by atoms with van der Waals surface area (Å²) in [5.74, 6) is 0.323. The van der Waals surface area contributed by atoms with Crippen LogP contribution in [0.15, 0.2) is 53.0 Å². The molecule has 1 N–H and O–H groups in total. The number of halogens is 1. The van der Waals surface area contributed by atoms with Crippen molar-refractivity contribution in [3.05, 3.63) is 58.6 Å². The van der Waals surface area contributed by atoms with Crippen molar-refractivity contribution in [2.24, 2.45) is 0 Å². The first-order chi connectivity index (χ1) is 12.5. The summed E-state index contributed by atoms with van der Waals surface area (Å²) < 4.78 is 15.9. The van der Waals surface area contributed by atoms with Crippen molar-refractivity contribution in [1.29, 1.82) is 0 Å². The molecule has 0 fully saturated rings. The smallest absolute Gasteiger partial charge is 0.343 e. The zero-order valence-electron chi connectivity index (χ0n) is 14.3. The first-order valence-electron chi connectivity index (χ1n) is 7.64. The van der Waals surface area contributed by atoms with E-state index < -0.39 is 5.97 Å². The van der Waals surface area contributed by atoms with Crippen molar-refractivity contribution < 1.29 is 23.8 Å². The molecule has 0 saturated heterocycles. The van der Waals surface area contributed by atoms with Crippen molar-refractivity contribution in [3.8, 4) is 11.5 Å². The van der Waals surface area contributed by atoms with Crippen LogP contribution in [0.4, 0.5) is 5.69 Å². The van der Waals surface area contributed by atoms with Crippen LogP contribution in [0.3, 0.4) is 0 Å².